The van der Waals surface area contributed by atoms with Gasteiger partial charge >= 0.3 is 0 Å². The number of amides is 1. The van der Waals surface area contributed by atoms with Crippen LogP contribution in [0.4, 0.5) is 8.78 Å². The molecule has 0 N–H and O–H groups in total. The Hall–Kier alpha value is -2.79. The number of ether oxygens (including phenoxy) is 1. The Morgan fingerprint density at radius 3 is 3.04 bits per heavy atom. The summed E-state index contributed by atoms with van der Waals surface area (Å²) >= 11 is 0. The number of rotatable bonds is 4. The molecule has 28 heavy (non-hydrogen) atoms. The quantitative estimate of drug-likeness (QED) is 0.807. The van der Waals surface area contributed by atoms with E-state index in [1.165, 1.54) is 0 Å². The minimum atomic E-state index is -2.99. The van der Waals surface area contributed by atoms with Gasteiger partial charge in [-0.05, 0) is 30.7 Å². The highest BCUT2D eigenvalue weighted by molar-refractivity contribution is 5.84. The van der Waals surface area contributed by atoms with E-state index in [9.17, 15) is 13.6 Å². The number of benzene rings is 1. The van der Waals surface area contributed by atoms with E-state index < -0.39 is 30.8 Å². The highest BCUT2D eigenvalue weighted by Gasteiger charge is 2.47. The Morgan fingerprint density at radius 2 is 2.21 bits per heavy atom. The van der Waals surface area contributed by atoms with E-state index in [2.05, 4.69) is 4.98 Å². The summed E-state index contributed by atoms with van der Waals surface area (Å²) in [6.45, 7) is 0.511. The van der Waals surface area contributed by atoms with Crippen LogP contribution in [0.5, 0.6) is 5.75 Å². The minimum absolute atomic E-state index is 0.0191. The summed E-state index contributed by atoms with van der Waals surface area (Å²) in [6.07, 6.45) is 1.79. The Kier molecular flexibility index (Phi) is 4.85. The number of nitriles is 1. The Bertz CT molecular complexity index is 925. The molecule has 4 rings (SSSR count). The fourth-order valence-electron chi connectivity index (χ4n) is 3.87. The van der Waals surface area contributed by atoms with Crippen molar-refractivity contribution in [1.82, 2.24) is 14.8 Å². The minimum Gasteiger partial charge on any atom is -0.488 e. The summed E-state index contributed by atoms with van der Waals surface area (Å²) in [7, 11) is 0. The zero-order valence-electron chi connectivity index (χ0n) is 15.2. The lowest BCUT2D eigenvalue weighted by Gasteiger charge is -2.23. The molecule has 2 aliphatic rings. The van der Waals surface area contributed by atoms with Crippen LogP contribution in [0.1, 0.15) is 12.8 Å². The molecule has 2 aliphatic heterocycles. The Balaban J connectivity index is 1.37. The number of aromatic nitrogens is 1. The third kappa shape index (κ3) is 3.76. The topological polar surface area (TPSA) is 69.5 Å². The fourth-order valence-corrected chi connectivity index (χ4v) is 3.87. The van der Waals surface area contributed by atoms with Gasteiger partial charge in [0, 0.05) is 31.1 Å². The maximum absolute atomic E-state index is 13.6. The number of pyridine rings is 1. The van der Waals surface area contributed by atoms with E-state index in [0.717, 1.165) is 28.0 Å². The van der Waals surface area contributed by atoms with E-state index in [1.54, 1.807) is 6.20 Å². The predicted molar refractivity (Wildman–Crippen MR) is 97.9 cm³/mol. The number of carbonyl (C=O) groups excluding carboxylic acids is 1. The van der Waals surface area contributed by atoms with E-state index >= 15 is 0 Å². The molecule has 2 fully saturated rings. The smallest absolute Gasteiger partial charge is 0.268 e. The molecule has 8 heteroatoms. The zero-order valence-corrected chi connectivity index (χ0v) is 15.2. The van der Waals surface area contributed by atoms with Gasteiger partial charge in [-0.15, -0.1) is 0 Å². The molecule has 2 saturated heterocycles. The first-order valence-electron chi connectivity index (χ1n) is 9.25. The van der Waals surface area contributed by atoms with Gasteiger partial charge in [-0.3, -0.25) is 14.7 Å². The maximum Gasteiger partial charge on any atom is 0.268 e. The molecule has 1 amide bonds. The lowest BCUT2D eigenvalue weighted by atomic mass is 10.2. The molecular formula is C20H20F2N4O2. The van der Waals surface area contributed by atoms with Crippen molar-refractivity contribution < 1.29 is 18.3 Å². The Labute approximate surface area is 161 Å². The van der Waals surface area contributed by atoms with Gasteiger partial charge in [0.15, 0.2) is 0 Å². The molecule has 3 heterocycles. The van der Waals surface area contributed by atoms with Crippen LogP contribution in [-0.2, 0) is 4.79 Å². The first kappa shape index (κ1) is 18.6. The number of nitrogens with zero attached hydrogens (tertiary/aromatic N) is 4. The van der Waals surface area contributed by atoms with Gasteiger partial charge in [-0.25, -0.2) is 8.78 Å². The maximum atomic E-state index is 13.6. The lowest BCUT2D eigenvalue weighted by molar-refractivity contribution is -0.133. The van der Waals surface area contributed by atoms with Crippen LogP contribution in [0.2, 0.25) is 0 Å². The van der Waals surface area contributed by atoms with Crippen LogP contribution in [0, 0.1) is 11.3 Å². The summed E-state index contributed by atoms with van der Waals surface area (Å²) in [5.74, 6) is -2.68. The van der Waals surface area contributed by atoms with Crippen molar-refractivity contribution in [3.8, 4) is 11.8 Å². The van der Waals surface area contributed by atoms with Crippen molar-refractivity contribution in [2.24, 2.45) is 0 Å². The first-order valence-corrected chi connectivity index (χ1v) is 9.25. The molecule has 2 atom stereocenters. The molecule has 1 unspecified atom stereocenters. The average Bonchev–Trinajstić information content (AvgIpc) is 3.25. The van der Waals surface area contributed by atoms with Gasteiger partial charge in [0.1, 0.15) is 17.9 Å². The standard InChI is InChI=1S/C20H20F2N4O2/c21-20(22)9-14(10-23)26(13-20)19(27)12-25-8-6-15(11-25)28-18-5-1-4-17-16(18)3-2-7-24-17/h1-5,7,14-15H,6,8-9,11-13H2/t14?,15-/m0/s1. The molecule has 0 saturated carbocycles. The summed E-state index contributed by atoms with van der Waals surface area (Å²) in [5.41, 5.74) is 0.850. The predicted octanol–water partition coefficient (Wildman–Crippen LogP) is 2.45. The second-order valence-electron chi connectivity index (χ2n) is 7.32. The van der Waals surface area contributed by atoms with Crippen LogP contribution < -0.4 is 4.74 Å². The molecule has 1 aromatic carbocycles. The summed E-state index contributed by atoms with van der Waals surface area (Å²) in [5, 5.41) is 9.98. The van der Waals surface area contributed by atoms with E-state index in [-0.39, 0.29) is 12.6 Å². The SMILES string of the molecule is N#CC1CC(F)(F)CN1C(=O)CN1CC[C@H](Oc2cccc3ncccc23)C1. The van der Waals surface area contributed by atoms with Gasteiger partial charge in [0.05, 0.1) is 24.7 Å². The van der Waals surface area contributed by atoms with Crippen molar-refractivity contribution in [1.29, 1.82) is 5.26 Å². The van der Waals surface area contributed by atoms with E-state index in [4.69, 9.17) is 10.00 Å². The molecule has 146 valence electrons. The number of fused-ring (bicyclic) bond motifs is 1. The van der Waals surface area contributed by atoms with Gasteiger partial charge in [0.2, 0.25) is 5.91 Å². The highest BCUT2D eigenvalue weighted by atomic mass is 19.3. The first-order chi connectivity index (χ1) is 13.4. The van der Waals surface area contributed by atoms with Crippen molar-refractivity contribution >= 4 is 16.8 Å². The van der Waals surface area contributed by atoms with E-state index in [1.807, 2.05) is 41.3 Å². The van der Waals surface area contributed by atoms with Crippen LogP contribution in [0.3, 0.4) is 0 Å². The molecule has 0 aliphatic carbocycles. The number of carbonyl (C=O) groups is 1. The number of likely N-dealkylation sites (tertiary alicyclic amines) is 2. The second kappa shape index (κ2) is 7.32. The van der Waals surface area contributed by atoms with Crippen molar-refractivity contribution in [3.05, 3.63) is 36.5 Å². The molecule has 0 bridgehead atoms. The van der Waals surface area contributed by atoms with Gasteiger partial charge < -0.3 is 9.64 Å². The number of hydrogen-bond acceptors (Lipinski definition) is 5. The van der Waals surface area contributed by atoms with Crippen LogP contribution >= 0.6 is 0 Å². The van der Waals surface area contributed by atoms with Gasteiger partial charge in [-0.1, -0.05) is 6.07 Å². The molecule has 1 aromatic heterocycles. The molecular weight excluding hydrogens is 366 g/mol. The number of hydrogen-bond donors (Lipinski definition) is 0. The number of halogens is 2. The second-order valence-corrected chi connectivity index (χ2v) is 7.32. The normalized spacial score (nSPS) is 24.4. The van der Waals surface area contributed by atoms with Crippen molar-refractivity contribution in [2.75, 3.05) is 26.2 Å². The van der Waals surface area contributed by atoms with Crippen molar-refractivity contribution in [2.45, 2.75) is 30.9 Å². The van der Waals surface area contributed by atoms with Crippen LogP contribution in [-0.4, -0.2) is 64.9 Å². The number of alkyl halides is 2. The summed E-state index contributed by atoms with van der Waals surface area (Å²) < 4.78 is 33.2. The third-order valence-electron chi connectivity index (χ3n) is 5.23. The third-order valence-corrected chi connectivity index (χ3v) is 5.23. The van der Waals surface area contributed by atoms with Crippen LogP contribution in [0.15, 0.2) is 36.5 Å². The molecule has 6 nitrogen and oxygen atoms in total. The van der Waals surface area contributed by atoms with Gasteiger partial charge in [0.25, 0.3) is 5.92 Å². The van der Waals surface area contributed by atoms with Crippen molar-refractivity contribution in [3.63, 3.8) is 0 Å². The largest absolute Gasteiger partial charge is 0.488 e. The highest BCUT2D eigenvalue weighted by Crippen LogP contribution is 2.32. The average molecular weight is 386 g/mol. The molecule has 0 spiro atoms. The summed E-state index contributed by atoms with van der Waals surface area (Å²) in [6, 6.07) is 10.2. The molecule has 0 radical (unpaired) electrons. The fraction of sp³-hybridized carbons (Fsp3) is 0.450. The van der Waals surface area contributed by atoms with Crippen LogP contribution in [0.25, 0.3) is 10.9 Å². The summed E-state index contributed by atoms with van der Waals surface area (Å²) in [4.78, 5) is 19.7. The Morgan fingerprint density at radius 1 is 1.36 bits per heavy atom. The monoisotopic (exact) mass is 386 g/mol. The van der Waals surface area contributed by atoms with E-state index in [0.29, 0.717) is 13.1 Å². The van der Waals surface area contributed by atoms with Gasteiger partial charge in [-0.2, -0.15) is 5.26 Å². The lowest BCUT2D eigenvalue weighted by Crippen LogP contribution is -2.42. The zero-order chi connectivity index (χ0) is 19.7. The molecule has 2 aromatic rings.